The van der Waals surface area contributed by atoms with E-state index in [9.17, 15) is 0 Å². The van der Waals surface area contributed by atoms with Crippen LogP contribution in [-0.2, 0) is 5.41 Å². The topological polar surface area (TPSA) is 0 Å². The van der Waals surface area contributed by atoms with Crippen LogP contribution in [0.1, 0.15) is 25.0 Å². The molecular formula is C19H15Br. The Hall–Kier alpha value is -1.60. The van der Waals surface area contributed by atoms with E-state index in [1.807, 2.05) is 0 Å². The summed E-state index contributed by atoms with van der Waals surface area (Å²) in [6, 6.07) is 19.8. The maximum Gasteiger partial charge on any atom is 0.0257 e. The molecular weight excluding hydrogens is 308 g/mol. The van der Waals surface area contributed by atoms with Crippen molar-refractivity contribution in [2.75, 3.05) is 0 Å². The molecule has 0 N–H and O–H groups in total. The molecule has 0 amide bonds. The highest BCUT2D eigenvalue weighted by atomic mass is 79.9. The van der Waals surface area contributed by atoms with E-state index in [4.69, 9.17) is 0 Å². The van der Waals surface area contributed by atoms with Crippen LogP contribution >= 0.6 is 15.9 Å². The van der Waals surface area contributed by atoms with Crippen molar-refractivity contribution in [2.45, 2.75) is 19.3 Å². The van der Waals surface area contributed by atoms with Gasteiger partial charge in [-0.3, -0.25) is 0 Å². The van der Waals surface area contributed by atoms with E-state index in [-0.39, 0.29) is 5.41 Å². The first-order valence-electron chi connectivity index (χ1n) is 6.92. The van der Waals surface area contributed by atoms with Crippen LogP contribution in [0.2, 0.25) is 0 Å². The molecule has 1 aliphatic carbocycles. The lowest BCUT2D eigenvalue weighted by atomic mass is 9.82. The molecule has 0 saturated heterocycles. The molecule has 3 aromatic rings. The molecule has 0 nitrogen and oxygen atoms in total. The lowest BCUT2D eigenvalue weighted by Crippen LogP contribution is -2.14. The van der Waals surface area contributed by atoms with Crippen molar-refractivity contribution in [1.82, 2.24) is 0 Å². The second-order valence-corrected chi connectivity index (χ2v) is 6.85. The monoisotopic (exact) mass is 322 g/mol. The van der Waals surface area contributed by atoms with Gasteiger partial charge in [0, 0.05) is 9.89 Å². The van der Waals surface area contributed by atoms with Gasteiger partial charge < -0.3 is 0 Å². The minimum Gasteiger partial charge on any atom is -0.0619 e. The lowest BCUT2D eigenvalue weighted by Gasteiger charge is -2.22. The quantitative estimate of drug-likeness (QED) is 0.482. The van der Waals surface area contributed by atoms with Crippen LogP contribution in [0.3, 0.4) is 0 Å². The van der Waals surface area contributed by atoms with Crippen molar-refractivity contribution in [1.29, 1.82) is 0 Å². The van der Waals surface area contributed by atoms with Crippen molar-refractivity contribution >= 4 is 26.7 Å². The van der Waals surface area contributed by atoms with Gasteiger partial charge in [0.15, 0.2) is 0 Å². The van der Waals surface area contributed by atoms with Crippen molar-refractivity contribution in [2.24, 2.45) is 0 Å². The van der Waals surface area contributed by atoms with Crippen molar-refractivity contribution in [3.63, 3.8) is 0 Å². The third-order valence-electron chi connectivity index (χ3n) is 4.54. The molecule has 4 rings (SSSR count). The number of hydrogen-bond acceptors (Lipinski definition) is 0. The Balaban J connectivity index is 2.25. The van der Waals surface area contributed by atoms with Crippen molar-refractivity contribution in [3.8, 4) is 11.1 Å². The number of hydrogen-bond donors (Lipinski definition) is 0. The van der Waals surface area contributed by atoms with E-state index in [0.29, 0.717) is 0 Å². The van der Waals surface area contributed by atoms with Gasteiger partial charge in [0.25, 0.3) is 0 Å². The first-order valence-corrected chi connectivity index (χ1v) is 7.71. The number of fused-ring (bicyclic) bond motifs is 5. The molecule has 0 fully saturated rings. The molecule has 3 aromatic carbocycles. The molecule has 0 spiro atoms. The number of benzene rings is 3. The molecule has 0 aromatic heterocycles. The summed E-state index contributed by atoms with van der Waals surface area (Å²) in [4.78, 5) is 0. The fraction of sp³-hybridized carbons (Fsp3) is 0.158. The highest BCUT2D eigenvalue weighted by Crippen LogP contribution is 2.52. The summed E-state index contributed by atoms with van der Waals surface area (Å²) in [6.07, 6.45) is 0. The second kappa shape index (κ2) is 3.95. The van der Waals surface area contributed by atoms with Crippen LogP contribution in [0.5, 0.6) is 0 Å². The first kappa shape index (κ1) is 12.2. The molecule has 0 bridgehead atoms. The van der Waals surface area contributed by atoms with Crippen LogP contribution in [0.4, 0.5) is 0 Å². The van der Waals surface area contributed by atoms with Gasteiger partial charge in [-0.2, -0.15) is 0 Å². The van der Waals surface area contributed by atoms with Gasteiger partial charge in [0.2, 0.25) is 0 Å². The second-order valence-electron chi connectivity index (χ2n) is 6.00. The molecule has 0 radical (unpaired) electrons. The Morgan fingerprint density at radius 3 is 2.25 bits per heavy atom. The zero-order valence-corrected chi connectivity index (χ0v) is 13.2. The molecule has 0 atom stereocenters. The van der Waals surface area contributed by atoms with Crippen molar-refractivity contribution < 1.29 is 0 Å². The van der Waals surface area contributed by atoms with E-state index in [1.54, 1.807) is 0 Å². The van der Waals surface area contributed by atoms with E-state index in [0.717, 1.165) is 0 Å². The predicted molar refractivity (Wildman–Crippen MR) is 89.2 cm³/mol. The molecule has 0 aliphatic heterocycles. The summed E-state index contributed by atoms with van der Waals surface area (Å²) in [5.74, 6) is 0. The zero-order chi connectivity index (χ0) is 13.9. The van der Waals surface area contributed by atoms with Crippen molar-refractivity contribution in [3.05, 3.63) is 70.2 Å². The Labute approximate surface area is 127 Å². The van der Waals surface area contributed by atoms with Gasteiger partial charge in [-0.1, -0.05) is 78.3 Å². The molecule has 0 saturated carbocycles. The number of halogens is 1. The highest BCUT2D eigenvalue weighted by Gasteiger charge is 2.36. The van der Waals surface area contributed by atoms with Gasteiger partial charge in [0.1, 0.15) is 0 Å². The van der Waals surface area contributed by atoms with Gasteiger partial charge >= 0.3 is 0 Å². The molecule has 98 valence electrons. The minimum absolute atomic E-state index is 0.0679. The van der Waals surface area contributed by atoms with Gasteiger partial charge in [-0.15, -0.1) is 0 Å². The Bertz CT molecular complexity index is 844. The van der Waals surface area contributed by atoms with Gasteiger partial charge in [-0.05, 0) is 39.1 Å². The largest absolute Gasteiger partial charge is 0.0619 e. The molecule has 0 unspecified atom stereocenters. The average molecular weight is 323 g/mol. The maximum absolute atomic E-state index is 3.75. The average Bonchev–Trinajstić information content (AvgIpc) is 2.69. The lowest BCUT2D eigenvalue weighted by molar-refractivity contribution is 0.660. The molecule has 0 heterocycles. The third-order valence-corrected chi connectivity index (χ3v) is 5.19. The Morgan fingerprint density at radius 1 is 0.800 bits per heavy atom. The summed E-state index contributed by atoms with van der Waals surface area (Å²) >= 11 is 3.75. The summed E-state index contributed by atoms with van der Waals surface area (Å²) in [6.45, 7) is 4.64. The molecule has 20 heavy (non-hydrogen) atoms. The smallest absolute Gasteiger partial charge is 0.0257 e. The standard InChI is InChI=1S/C19H15Br/c1-19(2)15-10-6-5-9-14(15)18-13-8-4-3-7-12(13)17(20)11-16(18)19/h3-11H,1-2H3. The van der Waals surface area contributed by atoms with E-state index in [2.05, 4.69) is 84.4 Å². The predicted octanol–water partition coefficient (Wildman–Crippen LogP) is 5.91. The van der Waals surface area contributed by atoms with Crippen LogP contribution in [-0.4, -0.2) is 0 Å². The van der Waals surface area contributed by atoms with Gasteiger partial charge in [-0.25, -0.2) is 0 Å². The minimum atomic E-state index is 0.0679. The summed E-state index contributed by atoms with van der Waals surface area (Å²) in [7, 11) is 0. The summed E-state index contributed by atoms with van der Waals surface area (Å²) < 4.78 is 1.19. The third kappa shape index (κ3) is 1.42. The van der Waals surface area contributed by atoms with E-state index < -0.39 is 0 Å². The summed E-state index contributed by atoms with van der Waals surface area (Å²) in [5, 5.41) is 2.63. The summed E-state index contributed by atoms with van der Waals surface area (Å²) in [5.41, 5.74) is 5.71. The zero-order valence-electron chi connectivity index (χ0n) is 11.6. The Kier molecular flexibility index (Phi) is 2.41. The van der Waals surface area contributed by atoms with Crippen LogP contribution < -0.4 is 0 Å². The SMILES string of the molecule is CC1(C)c2ccccc2-c2c1cc(Br)c1ccccc21. The fourth-order valence-electron chi connectivity index (χ4n) is 3.51. The van der Waals surface area contributed by atoms with Crippen LogP contribution in [0, 0.1) is 0 Å². The van der Waals surface area contributed by atoms with E-state index >= 15 is 0 Å². The van der Waals surface area contributed by atoms with Crippen LogP contribution in [0.25, 0.3) is 21.9 Å². The number of rotatable bonds is 0. The molecule has 1 aliphatic rings. The maximum atomic E-state index is 3.75. The normalized spacial score (nSPS) is 15.2. The van der Waals surface area contributed by atoms with Crippen LogP contribution in [0.15, 0.2) is 59.1 Å². The molecule has 1 heteroatoms. The van der Waals surface area contributed by atoms with Gasteiger partial charge in [0.05, 0.1) is 0 Å². The first-order chi connectivity index (χ1) is 9.60. The van der Waals surface area contributed by atoms with E-state index in [1.165, 1.54) is 37.5 Å². The Morgan fingerprint density at radius 2 is 1.45 bits per heavy atom. The fourth-order valence-corrected chi connectivity index (χ4v) is 4.08. The highest BCUT2D eigenvalue weighted by molar-refractivity contribution is 9.10.